The van der Waals surface area contributed by atoms with Gasteiger partial charge in [-0.25, -0.2) is 0 Å². The Morgan fingerprint density at radius 2 is 1.50 bits per heavy atom. The lowest BCUT2D eigenvalue weighted by atomic mass is 9.88. The molecule has 126 valence electrons. The van der Waals surface area contributed by atoms with Crippen LogP contribution in [0, 0.1) is 11.8 Å². The number of hydrogen-bond acceptors (Lipinski definition) is 3. The Labute approximate surface area is 135 Å². The molecule has 0 N–H and O–H groups in total. The van der Waals surface area contributed by atoms with Crippen molar-refractivity contribution in [2.45, 2.75) is 44.9 Å². The maximum Gasteiger partial charge on any atom is 0.225 e. The normalized spacial score (nSPS) is 27.2. The van der Waals surface area contributed by atoms with Gasteiger partial charge in [0.05, 0.1) is 0 Å². The molecule has 22 heavy (non-hydrogen) atoms. The molecule has 0 aromatic rings. The van der Waals surface area contributed by atoms with Gasteiger partial charge in [0.2, 0.25) is 5.91 Å². The Balaban J connectivity index is 1.39. The fraction of sp³-hybridized carbons (Fsp3) is 0.944. The van der Waals surface area contributed by atoms with E-state index in [-0.39, 0.29) is 0 Å². The fourth-order valence-corrected chi connectivity index (χ4v) is 4.37. The van der Waals surface area contributed by atoms with Gasteiger partial charge in [-0.2, -0.15) is 0 Å². The zero-order chi connectivity index (χ0) is 15.4. The molecule has 4 heteroatoms. The van der Waals surface area contributed by atoms with Gasteiger partial charge in [0, 0.05) is 38.6 Å². The van der Waals surface area contributed by atoms with Crippen LogP contribution in [0.2, 0.25) is 0 Å². The number of hydrogen-bond donors (Lipinski definition) is 0. The highest BCUT2D eigenvalue weighted by Crippen LogP contribution is 2.26. The second kappa shape index (κ2) is 7.78. The summed E-state index contributed by atoms with van der Waals surface area (Å²) in [4.78, 5) is 19.8. The van der Waals surface area contributed by atoms with Gasteiger partial charge in [-0.3, -0.25) is 9.69 Å². The average molecular weight is 307 g/mol. The molecule has 3 rings (SSSR count). The third kappa shape index (κ3) is 4.23. The van der Waals surface area contributed by atoms with Crippen molar-refractivity contribution in [1.29, 1.82) is 0 Å². The van der Waals surface area contributed by atoms with E-state index in [0.717, 1.165) is 44.9 Å². The number of carbonyl (C=O) groups excluding carboxylic acids is 1. The molecule has 1 saturated carbocycles. The Morgan fingerprint density at radius 3 is 2.14 bits per heavy atom. The van der Waals surface area contributed by atoms with E-state index in [0.29, 0.717) is 11.8 Å². The Bertz CT molecular complexity index is 351. The molecule has 0 bridgehead atoms. The molecule has 3 fully saturated rings. The summed E-state index contributed by atoms with van der Waals surface area (Å²) in [7, 11) is 2.23. The van der Waals surface area contributed by atoms with Crippen molar-refractivity contribution in [3.63, 3.8) is 0 Å². The zero-order valence-corrected chi connectivity index (χ0v) is 14.3. The highest BCUT2D eigenvalue weighted by Gasteiger charge is 2.29. The predicted octanol–water partition coefficient (Wildman–Crippen LogP) is 2.05. The van der Waals surface area contributed by atoms with Gasteiger partial charge in [0.1, 0.15) is 0 Å². The Kier molecular flexibility index (Phi) is 5.75. The molecule has 2 heterocycles. The van der Waals surface area contributed by atoms with E-state index < -0.39 is 0 Å². The third-order valence-electron chi connectivity index (χ3n) is 5.99. The molecular weight excluding hydrogens is 274 g/mol. The summed E-state index contributed by atoms with van der Waals surface area (Å²) < 4.78 is 0. The van der Waals surface area contributed by atoms with Crippen LogP contribution in [0.1, 0.15) is 44.9 Å². The van der Waals surface area contributed by atoms with Crippen LogP contribution in [0.15, 0.2) is 0 Å². The van der Waals surface area contributed by atoms with E-state index in [9.17, 15) is 4.79 Å². The van der Waals surface area contributed by atoms with Crippen LogP contribution in [0.3, 0.4) is 0 Å². The van der Waals surface area contributed by atoms with Crippen LogP contribution in [0.4, 0.5) is 0 Å². The van der Waals surface area contributed by atoms with E-state index >= 15 is 0 Å². The minimum absolute atomic E-state index is 0.342. The van der Waals surface area contributed by atoms with Crippen LogP contribution < -0.4 is 0 Å². The lowest BCUT2D eigenvalue weighted by Crippen LogP contribution is -2.51. The zero-order valence-electron chi connectivity index (χ0n) is 14.3. The highest BCUT2D eigenvalue weighted by molar-refractivity contribution is 5.79. The van der Waals surface area contributed by atoms with Crippen molar-refractivity contribution in [3.8, 4) is 0 Å². The summed E-state index contributed by atoms with van der Waals surface area (Å²) in [5, 5.41) is 0. The maximum atomic E-state index is 12.6. The van der Waals surface area contributed by atoms with E-state index in [4.69, 9.17) is 0 Å². The summed E-state index contributed by atoms with van der Waals surface area (Å²) in [6.07, 6.45) is 8.80. The molecule has 0 spiro atoms. The number of carbonyl (C=O) groups is 1. The van der Waals surface area contributed by atoms with Crippen LogP contribution in [-0.2, 0) is 4.79 Å². The first-order valence-electron chi connectivity index (χ1n) is 9.42. The number of rotatable bonds is 3. The standard InChI is InChI=1S/C18H33N3O/c1-19-9-7-16(8-10-19)15-20-11-13-21(14-12-20)18(22)17-5-3-2-4-6-17/h16-17H,2-15H2,1H3. The van der Waals surface area contributed by atoms with Gasteiger partial charge in [-0.15, -0.1) is 0 Å². The summed E-state index contributed by atoms with van der Waals surface area (Å²) in [5.74, 6) is 1.67. The van der Waals surface area contributed by atoms with Crippen molar-refractivity contribution in [2.75, 3.05) is 52.9 Å². The Hall–Kier alpha value is -0.610. The molecule has 0 atom stereocenters. The minimum Gasteiger partial charge on any atom is -0.340 e. The minimum atomic E-state index is 0.342. The van der Waals surface area contributed by atoms with E-state index in [1.165, 1.54) is 51.7 Å². The summed E-state index contributed by atoms with van der Waals surface area (Å²) in [6, 6.07) is 0. The molecule has 2 saturated heterocycles. The van der Waals surface area contributed by atoms with Crippen molar-refractivity contribution >= 4 is 5.91 Å². The largest absolute Gasteiger partial charge is 0.340 e. The molecular formula is C18H33N3O. The summed E-state index contributed by atoms with van der Waals surface area (Å²) in [6.45, 7) is 7.86. The molecule has 4 nitrogen and oxygen atoms in total. The second-order valence-electron chi connectivity index (χ2n) is 7.71. The number of amides is 1. The lowest BCUT2D eigenvalue weighted by molar-refractivity contribution is -0.138. The summed E-state index contributed by atoms with van der Waals surface area (Å²) in [5.41, 5.74) is 0. The van der Waals surface area contributed by atoms with E-state index in [2.05, 4.69) is 21.7 Å². The quantitative estimate of drug-likeness (QED) is 0.798. The number of nitrogens with zero attached hydrogens (tertiary/aromatic N) is 3. The Morgan fingerprint density at radius 1 is 0.864 bits per heavy atom. The molecule has 0 radical (unpaired) electrons. The predicted molar refractivity (Wildman–Crippen MR) is 89.8 cm³/mol. The average Bonchev–Trinajstić information content (AvgIpc) is 2.58. The molecule has 0 aromatic carbocycles. The van der Waals surface area contributed by atoms with Gasteiger partial charge in [0.25, 0.3) is 0 Å². The van der Waals surface area contributed by atoms with Crippen LogP contribution in [0.5, 0.6) is 0 Å². The molecule has 3 aliphatic rings. The smallest absolute Gasteiger partial charge is 0.225 e. The first kappa shape index (κ1) is 16.3. The molecule has 2 aliphatic heterocycles. The van der Waals surface area contributed by atoms with Gasteiger partial charge in [-0.05, 0) is 51.7 Å². The van der Waals surface area contributed by atoms with Gasteiger partial charge in [0.15, 0.2) is 0 Å². The second-order valence-corrected chi connectivity index (χ2v) is 7.71. The topological polar surface area (TPSA) is 26.8 Å². The van der Waals surface area contributed by atoms with Crippen molar-refractivity contribution in [1.82, 2.24) is 14.7 Å². The van der Waals surface area contributed by atoms with Crippen molar-refractivity contribution in [3.05, 3.63) is 0 Å². The molecule has 1 amide bonds. The molecule has 0 aromatic heterocycles. The van der Waals surface area contributed by atoms with Crippen molar-refractivity contribution < 1.29 is 4.79 Å². The number of piperidine rings is 1. The van der Waals surface area contributed by atoms with E-state index in [1.807, 2.05) is 0 Å². The first-order chi connectivity index (χ1) is 10.7. The maximum absolute atomic E-state index is 12.6. The van der Waals surface area contributed by atoms with Crippen LogP contribution in [0.25, 0.3) is 0 Å². The van der Waals surface area contributed by atoms with E-state index in [1.54, 1.807) is 0 Å². The van der Waals surface area contributed by atoms with Crippen LogP contribution >= 0.6 is 0 Å². The monoisotopic (exact) mass is 307 g/mol. The number of likely N-dealkylation sites (tertiary alicyclic amines) is 1. The van der Waals surface area contributed by atoms with Gasteiger partial charge in [-0.1, -0.05) is 19.3 Å². The first-order valence-corrected chi connectivity index (χ1v) is 9.42. The third-order valence-corrected chi connectivity index (χ3v) is 5.99. The molecule has 0 unspecified atom stereocenters. The number of piperazine rings is 1. The SMILES string of the molecule is CN1CCC(CN2CCN(C(=O)C3CCCCC3)CC2)CC1. The highest BCUT2D eigenvalue weighted by atomic mass is 16.2. The lowest BCUT2D eigenvalue weighted by Gasteiger charge is -2.39. The summed E-state index contributed by atoms with van der Waals surface area (Å²) >= 11 is 0. The van der Waals surface area contributed by atoms with Crippen molar-refractivity contribution in [2.24, 2.45) is 11.8 Å². The van der Waals surface area contributed by atoms with Gasteiger partial charge >= 0.3 is 0 Å². The van der Waals surface area contributed by atoms with Gasteiger partial charge < -0.3 is 9.80 Å². The van der Waals surface area contributed by atoms with Crippen LogP contribution in [-0.4, -0.2) is 73.5 Å². The molecule has 1 aliphatic carbocycles. The fourth-order valence-electron chi connectivity index (χ4n) is 4.37.